The third-order valence-corrected chi connectivity index (χ3v) is 1.98. The Morgan fingerprint density at radius 3 is 2.53 bits per heavy atom. The summed E-state index contributed by atoms with van der Waals surface area (Å²) in [5, 5.41) is 17.6. The van der Waals surface area contributed by atoms with Crippen molar-refractivity contribution in [2.45, 2.75) is 0 Å². The molecule has 0 aliphatic heterocycles. The van der Waals surface area contributed by atoms with E-state index in [4.69, 9.17) is 14.9 Å². The summed E-state index contributed by atoms with van der Waals surface area (Å²) in [5.74, 6) is 0.580. The molecule has 0 N–H and O–H groups in total. The normalized spacial score (nSPS) is 9.20. The molecule has 0 fully saturated rings. The van der Waals surface area contributed by atoms with Crippen molar-refractivity contribution in [2.75, 3.05) is 0 Å². The maximum atomic E-state index is 8.82. The van der Waals surface area contributed by atoms with Crippen LogP contribution in [0, 0.1) is 22.7 Å². The number of hydrogen-bond acceptors (Lipinski definition) is 4. The standard InChI is InChI=1S/C11H5N3O/c12-4-9-2-1-8(3-10(9)5-13)11-6-14-7-15-11/h1-3,6-7H. The van der Waals surface area contributed by atoms with E-state index in [9.17, 15) is 0 Å². The lowest BCUT2D eigenvalue weighted by Gasteiger charge is -1.97. The molecule has 0 aliphatic rings. The van der Waals surface area contributed by atoms with Crippen molar-refractivity contribution in [1.82, 2.24) is 4.98 Å². The largest absolute Gasteiger partial charge is 0.444 e. The molecule has 0 aliphatic carbocycles. The van der Waals surface area contributed by atoms with Gasteiger partial charge in [0.2, 0.25) is 0 Å². The molecule has 0 amide bonds. The Balaban J connectivity index is 2.56. The summed E-state index contributed by atoms with van der Waals surface area (Å²) in [4.78, 5) is 3.78. The quantitative estimate of drug-likeness (QED) is 0.698. The van der Waals surface area contributed by atoms with E-state index in [0.29, 0.717) is 16.9 Å². The van der Waals surface area contributed by atoms with Crippen molar-refractivity contribution in [2.24, 2.45) is 0 Å². The van der Waals surface area contributed by atoms with Crippen molar-refractivity contribution in [3.63, 3.8) is 0 Å². The van der Waals surface area contributed by atoms with Gasteiger partial charge < -0.3 is 4.42 Å². The molecule has 1 heterocycles. The van der Waals surface area contributed by atoms with Crippen LogP contribution >= 0.6 is 0 Å². The summed E-state index contributed by atoms with van der Waals surface area (Å²) < 4.78 is 5.09. The molecule has 0 unspecified atom stereocenters. The van der Waals surface area contributed by atoms with Crippen LogP contribution in [0.15, 0.2) is 35.2 Å². The molecular formula is C11H5N3O. The van der Waals surface area contributed by atoms with Gasteiger partial charge in [-0.2, -0.15) is 10.5 Å². The number of nitrogens with zero attached hydrogens (tertiary/aromatic N) is 3. The van der Waals surface area contributed by atoms with E-state index in [1.165, 1.54) is 6.39 Å². The first-order valence-electron chi connectivity index (χ1n) is 4.18. The second kappa shape index (κ2) is 3.65. The Hall–Kier alpha value is -2.59. The van der Waals surface area contributed by atoms with Crippen LogP contribution in [-0.2, 0) is 0 Å². The number of aromatic nitrogens is 1. The van der Waals surface area contributed by atoms with Gasteiger partial charge in [0.05, 0.1) is 17.3 Å². The zero-order chi connectivity index (χ0) is 10.7. The van der Waals surface area contributed by atoms with Crippen LogP contribution in [0.5, 0.6) is 0 Å². The molecule has 0 radical (unpaired) electrons. The van der Waals surface area contributed by atoms with Gasteiger partial charge in [-0.15, -0.1) is 0 Å². The molecule has 0 atom stereocenters. The Bertz CT molecular complexity index is 559. The summed E-state index contributed by atoms with van der Waals surface area (Å²) in [7, 11) is 0. The van der Waals surface area contributed by atoms with Gasteiger partial charge in [0.15, 0.2) is 12.2 Å². The molecule has 4 heteroatoms. The van der Waals surface area contributed by atoms with Crippen LogP contribution in [0.25, 0.3) is 11.3 Å². The van der Waals surface area contributed by atoms with E-state index < -0.39 is 0 Å². The van der Waals surface area contributed by atoms with Gasteiger partial charge >= 0.3 is 0 Å². The predicted octanol–water partition coefficient (Wildman–Crippen LogP) is 2.08. The zero-order valence-electron chi connectivity index (χ0n) is 7.64. The topological polar surface area (TPSA) is 73.6 Å². The van der Waals surface area contributed by atoms with Crippen LogP contribution in [0.4, 0.5) is 0 Å². The number of oxazole rings is 1. The SMILES string of the molecule is N#Cc1ccc(-c2cnco2)cc1C#N. The highest BCUT2D eigenvalue weighted by Gasteiger charge is 2.06. The average Bonchev–Trinajstić information content (AvgIpc) is 2.81. The maximum absolute atomic E-state index is 8.82. The van der Waals surface area contributed by atoms with E-state index in [-0.39, 0.29) is 0 Å². The molecule has 0 spiro atoms. The lowest BCUT2D eigenvalue weighted by atomic mass is 10.0. The summed E-state index contributed by atoms with van der Waals surface area (Å²) in [6.45, 7) is 0. The first kappa shape index (κ1) is 8.98. The minimum absolute atomic E-state index is 0.339. The molecule has 1 aromatic heterocycles. The second-order valence-electron chi connectivity index (χ2n) is 2.85. The maximum Gasteiger partial charge on any atom is 0.181 e. The third kappa shape index (κ3) is 1.56. The van der Waals surface area contributed by atoms with Crippen LogP contribution < -0.4 is 0 Å². The van der Waals surface area contributed by atoms with Crippen molar-refractivity contribution >= 4 is 0 Å². The molecule has 4 nitrogen and oxygen atoms in total. The van der Waals surface area contributed by atoms with Crippen LogP contribution in [0.3, 0.4) is 0 Å². The predicted molar refractivity (Wildman–Crippen MR) is 51.4 cm³/mol. The van der Waals surface area contributed by atoms with E-state index in [0.717, 1.165) is 5.56 Å². The number of hydrogen-bond donors (Lipinski definition) is 0. The van der Waals surface area contributed by atoms with Gasteiger partial charge in [-0.3, -0.25) is 0 Å². The van der Waals surface area contributed by atoms with Gasteiger partial charge in [0, 0.05) is 5.56 Å². The smallest absolute Gasteiger partial charge is 0.181 e. The minimum Gasteiger partial charge on any atom is -0.444 e. The number of benzene rings is 1. The highest BCUT2D eigenvalue weighted by molar-refractivity contribution is 5.62. The van der Waals surface area contributed by atoms with Crippen molar-refractivity contribution in [3.05, 3.63) is 41.9 Å². The molecule has 1 aromatic carbocycles. The lowest BCUT2D eigenvalue weighted by molar-refractivity contribution is 0.572. The van der Waals surface area contributed by atoms with Crippen LogP contribution in [0.1, 0.15) is 11.1 Å². The van der Waals surface area contributed by atoms with Gasteiger partial charge in [-0.25, -0.2) is 4.98 Å². The molecule has 15 heavy (non-hydrogen) atoms. The summed E-state index contributed by atoms with van der Waals surface area (Å²) in [5.41, 5.74) is 1.44. The Morgan fingerprint density at radius 2 is 1.93 bits per heavy atom. The van der Waals surface area contributed by atoms with Gasteiger partial charge in [-0.1, -0.05) is 0 Å². The molecule has 2 rings (SSSR count). The highest BCUT2D eigenvalue weighted by atomic mass is 16.3. The number of rotatable bonds is 1. The summed E-state index contributed by atoms with van der Waals surface area (Å²) >= 11 is 0. The molecule has 0 bridgehead atoms. The Kier molecular flexibility index (Phi) is 2.19. The summed E-state index contributed by atoms with van der Waals surface area (Å²) in [6, 6.07) is 8.84. The summed E-state index contributed by atoms with van der Waals surface area (Å²) in [6.07, 6.45) is 2.88. The molecular weight excluding hydrogens is 190 g/mol. The first-order chi connectivity index (χ1) is 7.35. The van der Waals surface area contributed by atoms with E-state index >= 15 is 0 Å². The van der Waals surface area contributed by atoms with Gasteiger partial charge in [0.25, 0.3) is 0 Å². The first-order valence-corrected chi connectivity index (χ1v) is 4.18. The Morgan fingerprint density at radius 1 is 1.13 bits per heavy atom. The molecule has 70 valence electrons. The molecule has 2 aromatic rings. The highest BCUT2D eigenvalue weighted by Crippen LogP contribution is 2.21. The second-order valence-corrected chi connectivity index (χ2v) is 2.85. The third-order valence-electron chi connectivity index (χ3n) is 1.98. The fraction of sp³-hybridized carbons (Fsp3) is 0. The van der Waals surface area contributed by atoms with Crippen LogP contribution in [0.2, 0.25) is 0 Å². The van der Waals surface area contributed by atoms with Crippen molar-refractivity contribution in [3.8, 4) is 23.5 Å². The fourth-order valence-corrected chi connectivity index (χ4v) is 1.25. The van der Waals surface area contributed by atoms with E-state index in [1.807, 2.05) is 12.1 Å². The van der Waals surface area contributed by atoms with Crippen molar-refractivity contribution < 1.29 is 4.42 Å². The average molecular weight is 195 g/mol. The van der Waals surface area contributed by atoms with Crippen molar-refractivity contribution in [1.29, 1.82) is 10.5 Å². The monoisotopic (exact) mass is 195 g/mol. The molecule has 0 saturated carbocycles. The van der Waals surface area contributed by atoms with E-state index in [2.05, 4.69) is 4.98 Å². The van der Waals surface area contributed by atoms with Gasteiger partial charge in [0.1, 0.15) is 12.1 Å². The molecule has 0 saturated heterocycles. The van der Waals surface area contributed by atoms with Crippen LogP contribution in [-0.4, -0.2) is 4.98 Å². The fourth-order valence-electron chi connectivity index (χ4n) is 1.25. The number of nitriles is 2. The minimum atomic E-state index is 0.339. The lowest BCUT2D eigenvalue weighted by Crippen LogP contribution is -1.84. The van der Waals surface area contributed by atoms with Gasteiger partial charge in [-0.05, 0) is 18.2 Å². The van der Waals surface area contributed by atoms with E-state index in [1.54, 1.807) is 24.4 Å². The Labute approximate surface area is 86.0 Å². The zero-order valence-corrected chi connectivity index (χ0v) is 7.64.